The van der Waals surface area contributed by atoms with E-state index in [2.05, 4.69) is 0 Å². The second-order valence-electron chi connectivity index (χ2n) is 3.96. The molecule has 0 heterocycles. The second-order valence-corrected chi connectivity index (χ2v) is 6.72. The zero-order valence-corrected chi connectivity index (χ0v) is 14.4. The van der Waals surface area contributed by atoms with Gasteiger partial charge in [-0.25, -0.2) is 16.8 Å². The van der Waals surface area contributed by atoms with Gasteiger partial charge in [0.15, 0.2) is 0 Å². The summed E-state index contributed by atoms with van der Waals surface area (Å²) in [6.45, 7) is 0. The first kappa shape index (κ1) is 18.6. The van der Waals surface area contributed by atoms with E-state index in [4.69, 9.17) is 0 Å². The summed E-state index contributed by atoms with van der Waals surface area (Å²) in [5.41, 5.74) is 0.653. The van der Waals surface area contributed by atoms with Gasteiger partial charge in [-0.2, -0.15) is 0 Å². The minimum absolute atomic E-state index is 0. The number of benzene rings is 2. The van der Waals surface area contributed by atoms with Crippen LogP contribution in [0.25, 0.3) is 11.1 Å². The fourth-order valence-corrected chi connectivity index (χ4v) is 2.70. The van der Waals surface area contributed by atoms with Gasteiger partial charge in [-0.3, -0.25) is 0 Å². The molecule has 0 spiro atoms. The third-order valence-corrected chi connectivity index (χ3v) is 4.24. The molecule has 2 aromatic carbocycles. The van der Waals surface area contributed by atoms with Gasteiger partial charge in [-0.05, 0) is 35.4 Å². The molecule has 0 radical (unpaired) electrons. The normalized spacial score (nSPS) is 11.7. The first-order valence-electron chi connectivity index (χ1n) is 5.30. The molecule has 0 fully saturated rings. The van der Waals surface area contributed by atoms with Crippen molar-refractivity contribution in [1.29, 1.82) is 0 Å². The van der Waals surface area contributed by atoms with E-state index in [0.717, 1.165) is 24.3 Å². The summed E-state index contributed by atoms with van der Waals surface area (Å²) in [5.74, 6) is 0. The Kier molecular flexibility index (Phi) is 5.96. The molecule has 0 amide bonds. The molecule has 0 aliphatic rings. The van der Waals surface area contributed by atoms with E-state index in [0.29, 0.717) is 11.1 Å². The SMILES string of the molecule is O=S(=O)([O-])c1cccc(-c2cccc(S(=O)(=O)[O-])c2)c1.[Ca+2]. The Balaban J connectivity index is 0.00000220. The first-order valence-corrected chi connectivity index (χ1v) is 8.12. The number of rotatable bonds is 3. The van der Waals surface area contributed by atoms with Gasteiger partial charge in [0, 0.05) is 0 Å². The molecular weight excluding hydrogens is 344 g/mol. The third-order valence-electron chi connectivity index (χ3n) is 2.58. The Morgan fingerprint density at radius 2 is 1.00 bits per heavy atom. The van der Waals surface area contributed by atoms with E-state index >= 15 is 0 Å². The molecule has 0 saturated carbocycles. The van der Waals surface area contributed by atoms with Crippen LogP contribution in [0.3, 0.4) is 0 Å². The van der Waals surface area contributed by atoms with Gasteiger partial charge < -0.3 is 9.11 Å². The molecule has 2 aromatic rings. The summed E-state index contributed by atoms with van der Waals surface area (Å²) in [6.07, 6.45) is 0. The molecule has 2 rings (SSSR count). The second kappa shape index (κ2) is 6.74. The average molecular weight is 352 g/mol. The Labute approximate surface area is 152 Å². The van der Waals surface area contributed by atoms with Crippen LogP contribution in [0.2, 0.25) is 0 Å². The van der Waals surface area contributed by atoms with Gasteiger partial charge in [0.25, 0.3) is 0 Å². The summed E-state index contributed by atoms with van der Waals surface area (Å²) < 4.78 is 65.6. The van der Waals surface area contributed by atoms with Crippen molar-refractivity contribution in [3.05, 3.63) is 48.5 Å². The Bertz CT molecular complexity index is 785. The van der Waals surface area contributed by atoms with Gasteiger partial charge in [-0.15, -0.1) is 0 Å². The summed E-state index contributed by atoms with van der Waals surface area (Å²) in [6, 6.07) is 10.3. The molecule has 0 N–H and O–H groups in total. The topological polar surface area (TPSA) is 114 Å². The Morgan fingerprint density at radius 3 is 1.29 bits per heavy atom. The first-order chi connectivity index (χ1) is 9.18. The van der Waals surface area contributed by atoms with Crippen LogP contribution in [-0.4, -0.2) is 63.7 Å². The summed E-state index contributed by atoms with van der Waals surface area (Å²) >= 11 is 0. The Morgan fingerprint density at radius 1 is 0.667 bits per heavy atom. The molecule has 106 valence electrons. The summed E-state index contributed by atoms with van der Waals surface area (Å²) in [7, 11) is -9.20. The Hall–Kier alpha value is -0.480. The maximum atomic E-state index is 10.9. The van der Waals surface area contributed by atoms with Crippen molar-refractivity contribution in [2.75, 3.05) is 0 Å². The van der Waals surface area contributed by atoms with Crippen LogP contribution >= 0.6 is 0 Å². The summed E-state index contributed by atoms with van der Waals surface area (Å²) in [4.78, 5) is -0.851. The van der Waals surface area contributed by atoms with Gasteiger partial charge in [0.05, 0.1) is 9.79 Å². The van der Waals surface area contributed by atoms with E-state index in [9.17, 15) is 25.9 Å². The largest absolute Gasteiger partial charge is 2.00 e. The standard InChI is InChI=1S/C12H10O6S2.Ca/c13-19(14,15)11-5-1-3-9(7-11)10-4-2-6-12(8-10)20(16,17)18;/h1-8H,(H,13,14,15)(H,16,17,18);/q;+2/p-2. The van der Waals surface area contributed by atoms with Gasteiger partial charge >= 0.3 is 37.7 Å². The molecular formula is C12H8CaO6S2. The van der Waals surface area contributed by atoms with E-state index in [1.165, 1.54) is 24.3 Å². The predicted octanol–water partition coefficient (Wildman–Crippen LogP) is 0.781. The smallest absolute Gasteiger partial charge is 0.744 e. The van der Waals surface area contributed by atoms with Crippen LogP contribution in [0.4, 0.5) is 0 Å². The van der Waals surface area contributed by atoms with Crippen LogP contribution in [0.5, 0.6) is 0 Å². The van der Waals surface area contributed by atoms with Crippen LogP contribution in [0.1, 0.15) is 0 Å². The number of hydrogen-bond acceptors (Lipinski definition) is 6. The predicted molar refractivity (Wildman–Crippen MR) is 73.6 cm³/mol. The molecule has 6 nitrogen and oxygen atoms in total. The van der Waals surface area contributed by atoms with E-state index in [1.807, 2.05) is 0 Å². The van der Waals surface area contributed by atoms with Crippen LogP contribution in [-0.2, 0) is 20.2 Å². The zero-order chi connectivity index (χ0) is 15.0. The van der Waals surface area contributed by atoms with Crippen molar-refractivity contribution in [2.45, 2.75) is 9.79 Å². The van der Waals surface area contributed by atoms with Gasteiger partial charge in [0.1, 0.15) is 20.2 Å². The van der Waals surface area contributed by atoms with Crippen LogP contribution in [0, 0.1) is 0 Å². The average Bonchev–Trinajstić information content (AvgIpc) is 2.37. The monoisotopic (exact) mass is 352 g/mol. The molecule has 0 aliphatic heterocycles. The summed E-state index contributed by atoms with van der Waals surface area (Å²) in [5, 5.41) is 0. The van der Waals surface area contributed by atoms with Crippen LogP contribution in [0.15, 0.2) is 58.3 Å². The van der Waals surface area contributed by atoms with Crippen molar-refractivity contribution in [2.24, 2.45) is 0 Å². The van der Waals surface area contributed by atoms with E-state index in [1.54, 1.807) is 0 Å². The molecule has 9 heteroatoms. The number of hydrogen-bond donors (Lipinski definition) is 0. The van der Waals surface area contributed by atoms with Crippen molar-refractivity contribution in [1.82, 2.24) is 0 Å². The fraction of sp³-hybridized carbons (Fsp3) is 0. The molecule has 0 saturated heterocycles. The minimum Gasteiger partial charge on any atom is -0.744 e. The molecule has 0 aromatic heterocycles. The minimum atomic E-state index is -4.60. The molecule has 0 atom stereocenters. The maximum Gasteiger partial charge on any atom is 2.00 e. The van der Waals surface area contributed by atoms with Gasteiger partial charge in [-0.1, -0.05) is 24.3 Å². The van der Waals surface area contributed by atoms with Crippen molar-refractivity contribution >= 4 is 58.0 Å². The van der Waals surface area contributed by atoms with E-state index in [-0.39, 0.29) is 37.7 Å². The molecule has 0 aliphatic carbocycles. The van der Waals surface area contributed by atoms with Crippen molar-refractivity contribution in [3.8, 4) is 11.1 Å². The van der Waals surface area contributed by atoms with Gasteiger partial charge in [0.2, 0.25) is 0 Å². The molecule has 0 bridgehead atoms. The van der Waals surface area contributed by atoms with Crippen LogP contribution < -0.4 is 0 Å². The molecule has 0 unspecified atom stereocenters. The fourth-order valence-electron chi connectivity index (χ4n) is 1.66. The molecule has 21 heavy (non-hydrogen) atoms. The quantitative estimate of drug-likeness (QED) is 0.595. The maximum absolute atomic E-state index is 10.9. The third kappa shape index (κ3) is 4.75. The van der Waals surface area contributed by atoms with E-state index < -0.39 is 30.0 Å². The van der Waals surface area contributed by atoms with Crippen molar-refractivity contribution in [3.63, 3.8) is 0 Å². The zero-order valence-electron chi connectivity index (χ0n) is 10.6. The van der Waals surface area contributed by atoms with Crippen molar-refractivity contribution < 1.29 is 25.9 Å².